The quantitative estimate of drug-likeness (QED) is 0.724. The van der Waals surface area contributed by atoms with E-state index in [4.69, 9.17) is 0 Å². The normalized spacial score (nSPS) is 14.0. The Morgan fingerprint density at radius 3 is 2.45 bits per heavy atom. The molecule has 0 aliphatic carbocycles. The predicted octanol–water partition coefficient (Wildman–Crippen LogP) is 4.24. The molecule has 1 amide bonds. The molecule has 1 N–H and O–H groups in total. The fourth-order valence-corrected chi connectivity index (χ4v) is 3.50. The van der Waals surface area contributed by atoms with Crippen molar-refractivity contribution in [3.63, 3.8) is 0 Å². The minimum atomic E-state index is -0.231. The van der Waals surface area contributed by atoms with Crippen molar-refractivity contribution in [2.45, 2.75) is 6.92 Å². The molecule has 0 saturated carbocycles. The molecule has 1 aromatic heterocycles. The molecule has 4 rings (SSSR count). The number of rotatable bonds is 4. The van der Waals surface area contributed by atoms with Crippen LogP contribution in [0.1, 0.15) is 16.1 Å². The van der Waals surface area contributed by atoms with Crippen LogP contribution in [0, 0.1) is 12.7 Å². The molecule has 2 aromatic carbocycles. The summed E-state index contributed by atoms with van der Waals surface area (Å²) in [7, 11) is 0. The number of piperazine rings is 1. The van der Waals surface area contributed by atoms with Crippen LogP contribution < -0.4 is 10.2 Å². The molecule has 5 nitrogen and oxygen atoms in total. The zero-order valence-electron chi connectivity index (χ0n) is 16.3. The summed E-state index contributed by atoms with van der Waals surface area (Å²) in [6, 6.07) is 18.4. The van der Waals surface area contributed by atoms with Gasteiger partial charge in [-0.15, -0.1) is 0 Å². The van der Waals surface area contributed by atoms with E-state index in [1.807, 2.05) is 48.2 Å². The molecule has 1 fully saturated rings. The van der Waals surface area contributed by atoms with Crippen LogP contribution in [0.2, 0.25) is 0 Å². The lowest BCUT2D eigenvalue weighted by molar-refractivity contribution is 0.0741. The number of anilines is 3. The summed E-state index contributed by atoms with van der Waals surface area (Å²) in [5.74, 6) is -0.328. The summed E-state index contributed by atoms with van der Waals surface area (Å²) >= 11 is 0. The van der Waals surface area contributed by atoms with Gasteiger partial charge in [-0.1, -0.05) is 24.3 Å². The van der Waals surface area contributed by atoms with Crippen molar-refractivity contribution in [1.29, 1.82) is 0 Å². The number of halogens is 1. The van der Waals surface area contributed by atoms with Gasteiger partial charge in [0.25, 0.3) is 5.91 Å². The molecular formula is C23H23FN4O. The molecular weight excluding hydrogens is 367 g/mol. The summed E-state index contributed by atoms with van der Waals surface area (Å²) in [6.45, 7) is 4.31. The van der Waals surface area contributed by atoms with E-state index in [9.17, 15) is 9.18 Å². The van der Waals surface area contributed by atoms with Crippen molar-refractivity contribution in [2.75, 3.05) is 36.4 Å². The second kappa shape index (κ2) is 8.31. The number of nitrogens with one attached hydrogen (secondary N) is 1. The predicted molar refractivity (Wildman–Crippen MR) is 113 cm³/mol. The third-order valence-electron chi connectivity index (χ3n) is 5.05. The number of aromatic nitrogens is 1. The van der Waals surface area contributed by atoms with Crippen molar-refractivity contribution in [3.8, 4) is 0 Å². The van der Waals surface area contributed by atoms with E-state index < -0.39 is 0 Å². The van der Waals surface area contributed by atoms with Gasteiger partial charge in [-0.05, 0) is 48.9 Å². The first-order valence-electron chi connectivity index (χ1n) is 9.69. The second-order valence-electron chi connectivity index (χ2n) is 7.16. The Hall–Kier alpha value is -3.41. The van der Waals surface area contributed by atoms with E-state index in [0.717, 1.165) is 11.4 Å². The first-order valence-corrected chi connectivity index (χ1v) is 9.69. The molecule has 1 saturated heterocycles. The van der Waals surface area contributed by atoms with Gasteiger partial charge in [-0.25, -0.2) is 9.37 Å². The van der Waals surface area contributed by atoms with Crippen LogP contribution >= 0.6 is 0 Å². The summed E-state index contributed by atoms with van der Waals surface area (Å²) in [4.78, 5) is 20.9. The summed E-state index contributed by atoms with van der Waals surface area (Å²) in [5.41, 5.74) is 3.99. The molecule has 1 aliphatic rings. The lowest BCUT2D eigenvalue weighted by atomic mass is 10.2. The Morgan fingerprint density at radius 2 is 1.76 bits per heavy atom. The van der Waals surface area contributed by atoms with Gasteiger partial charge in [0, 0.05) is 31.9 Å². The monoisotopic (exact) mass is 390 g/mol. The Kier molecular flexibility index (Phi) is 5.42. The number of para-hydroxylation sites is 1. The van der Waals surface area contributed by atoms with Gasteiger partial charge in [0.05, 0.1) is 17.6 Å². The zero-order chi connectivity index (χ0) is 20.2. The Bertz CT molecular complexity index is 998. The molecule has 0 spiro atoms. The maximum absolute atomic E-state index is 14.0. The SMILES string of the molecule is Cc1cccc(Nc2ccc(C(=O)N3CCN(c4ccccc4F)CC3)nc2)c1. The second-order valence-corrected chi connectivity index (χ2v) is 7.16. The minimum absolute atomic E-state index is 0.0970. The van der Waals surface area contributed by atoms with E-state index in [1.165, 1.54) is 11.6 Å². The van der Waals surface area contributed by atoms with E-state index in [-0.39, 0.29) is 11.7 Å². The number of benzene rings is 2. The molecule has 2 heterocycles. The van der Waals surface area contributed by atoms with Gasteiger partial charge in [0.15, 0.2) is 0 Å². The lowest BCUT2D eigenvalue weighted by Crippen LogP contribution is -2.49. The highest BCUT2D eigenvalue weighted by atomic mass is 19.1. The first-order chi connectivity index (χ1) is 14.1. The van der Waals surface area contributed by atoms with Crippen LogP contribution in [0.15, 0.2) is 66.9 Å². The number of amides is 1. The van der Waals surface area contributed by atoms with Gasteiger partial charge >= 0.3 is 0 Å². The Morgan fingerprint density at radius 1 is 0.966 bits per heavy atom. The van der Waals surface area contributed by atoms with Crippen molar-refractivity contribution < 1.29 is 9.18 Å². The number of aryl methyl sites for hydroxylation is 1. The smallest absolute Gasteiger partial charge is 0.272 e. The summed E-state index contributed by atoms with van der Waals surface area (Å²) < 4.78 is 14.0. The molecule has 0 unspecified atom stereocenters. The Balaban J connectivity index is 1.37. The maximum atomic E-state index is 14.0. The standard InChI is InChI=1S/C23H23FN4O/c1-17-5-4-6-18(15-17)26-19-9-10-21(25-16-19)23(29)28-13-11-27(12-14-28)22-8-3-2-7-20(22)24/h2-10,15-16,26H,11-14H2,1H3. The summed E-state index contributed by atoms with van der Waals surface area (Å²) in [6.07, 6.45) is 1.67. The van der Waals surface area contributed by atoms with Crippen LogP contribution in [0.25, 0.3) is 0 Å². The van der Waals surface area contributed by atoms with E-state index >= 15 is 0 Å². The van der Waals surface area contributed by atoms with E-state index in [1.54, 1.807) is 29.3 Å². The number of carbonyl (C=O) groups excluding carboxylic acids is 1. The average molecular weight is 390 g/mol. The van der Waals surface area contributed by atoms with Crippen LogP contribution in [-0.2, 0) is 0 Å². The Labute approximate surface area is 169 Å². The highest BCUT2D eigenvalue weighted by Gasteiger charge is 2.24. The van der Waals surface area contributed by atoms with Crippen LogP contribution in [0.5, 0.6) is 0 Å². The van der Waals surface area contributed by atoms with Gasteiger partial charge in [-0.2, -0.15) is 0 Å². The molecule has 0 atom stereocenters. The number of pyridine rings is 1. The van der Waals surface area contributed by atoms with Crippen molar-refractivity contribution in [2.24, 2.45) is 0 Å². The number of hydrogen-bond donors (Lipinski definition) is 1. The van der Waals surface area contributed by atoms with E-state index in [0.29, 0.717) is 37.6 Å². The van der Waals surface area contributed by atoms with Crippen LogP contribution in [0.3, 0.4) is 0 Å². The van der Waals surface area contributed by atoms with Crippen LogP contribution in [-0.4, -0.2) is 42.0 Å². The summed E-state index contributed by atoms with van der Waals surface area (Å²) in [5, 5.41) is 3.29. The number of nitrogens with zero attached hydrogens (tertiary/aromatic N) is 3. The van der Waals surface area contributed by atoms with Gasteiger partial charge in [-0.3, -0.25) is 4.79 Å². The average Bonchev–Trinajstić information content (AvgIpc) is 2.74. The zero-order valence-corrected chi connectivity index (χ0v) is 16.3. The fourth-order valence-electron chi connectivity index (χ4n) is 3.50. The van der Waals surface area contributed by atoms with Crippen molar-refractivity contribution >= 4 is 23.0 Å². The molecule has 3 aromatic rings. The minimum Gasteiger partial charge on any atom is -0.366 e. The third-order valence-corrected chi connectivity index (χ3v) is 5.05. The molecule has 0 bridgehead atoms. The number of hydrogen-bond acceptors (Lipinski definition) is 4. The first kappa shape index (κ1) is 18.9. The maximum Gasteiger partial charge on any atom is 0.272 e. The highest BCUT2D eigenvalue weighted by molar-refractivity contribution is 5.92. The van der Waals surface area contributed by atoms with Crippen molar-refractivity contribution in [1.82, 2.24) is 9.88 Å². The van der Waals surface area contributed by atoms with Gasteiger partial charge in [0.2, 0.25) is 0 Å². The third kappa shape index (κ3) is 4.37. The molecule has 6 heteroatoms. The molecule has 1 aliphatic heterocycles. The highest BCUT2D eigenvalue weighted by Crippen LogP contribution is 2.21. The van der Waals surface area contributed by atoms with E-state index in [2.05, 4.69) is 10.3 Å². The van der Waals surface area contributed by atoms with Gasteiger partial charge in [0.1, 0.15) is 11.5 Å². The molecule has 29 heavy (non-hydrogen) atoms. The fraction of sp³-hybridized carbons (Fsp3) is 0.217. The molecule has 0 radical (unpaired) electrons. The lowest BCUT2D eigenvalue weighted by Gasteiger charge is -2.36. The molecule has 148 valence electrons. The largest absolute Gasteiger partial charge is 0.366 e. The van der Waals surface area contributed by atoms with Crippen molar-refractivity contribution in [3.05, 3.63) is 83.9 Å². The topological polar surface area (TPSA) is 48.5 Å². The number of carbonyl (C=O) groups is 1. The van der Waals surface area contributed by atoms with Crippen LogP contribution in [0.4, 0.5) is 21.5 Å². The van der Waals surface area contributed by atoms with Gasteiger partial charge < -0.3 is 15.1 Å².